The molecule has 1 fully saturated rings. The molecular weight excluding hydrogens is 242 g/mol. The Morgan fingerprint density at radius 2 is 2.05 bits per heavy atom. The van der Waals surface area contributed by atoms with E-state index in [-0.39, 0.29) is 5.91 Å². The topological polar surface area (TPSA) is 57.6 Å². The number of aliphatic carboxylic acids is 1. The minimum absolute atomic E-state index is 0.108. The second-order valence-corrected chi connectivity index (χ2v) is 5.29. The highest BCUT2D eigenvalue weighted by Gasteiger charge is 2.35. The van der Waals surface area contributed by atoms with Crippen LogP contribution < -0.4 is 0 Å². The third-order valence-electron chi connectivity index (χ3n) is 4.18. The number of rotatable bonds is 2. The van der Waals surface area contributed by atoms with Gasteiger partial charge in [0, 0.05) is 12.1 Å². The van der Waals surface area contributed by atoms with Gasteiger partial charge in [0.2, 0.25) is 0 Å². The summed E-state index contributed by atoms with van der Waals surface area (Å²) in [6.07, 6.45) is 4.39. The molecule has 1 saturated heterocycles. The van der Waals surface area contributed by atoms with E-state index in [4.69, 9.17) is 0 Å². The lowest BCUT2D eigenvalue weighted by Gasteiger charge is -2.22. The van der Waals surface area contributed by atoms with Crippen molar-refractivity contribution in [3.63, 3.8) is 0 Å². The van der Waals surface area contributed by atoms with Crippen LogP contribution in [-0.2, 0) is 17.6 Å². The predicted molar refractivity (Wildman–Crippen MR) is 70.2 cm³/mol. The van der Waals surface area contributed by atoms with Crippen molar-refractivity contribution in [3.05, 3.63) is 34.9 Å². The van der Waals surface area contributed by atoms with Crippen LogP contribution in [-0.4, -0.2) is 34.5 Å². The van der Waals surface area contributed by atoms with E-state index in [1.165, 1.54) is 10.5 Å². The van der Waals surface area contributed by atoms with Crippen molar-refractivity contribution in [2.75, 3.05) is 6.54 Å². The molecule has 0 bridgehead atoms. The predicted octanol–water partition coefficient (Wildman–Crippen LogP) is 1.86. The minimum atomic E-state index is -0.890. The molecule has 1 atom stereocenters. The van der Waals surface area contributed by atoms with Crippen LogP contribution in [0.5, 0.6) is 0 Å². The van der Waals surface area contributed by atoms with E-state index in [2.05, 4.69) is 6.07 Å². The van der Waals surface area contributed by atoms with Gasteiger partial charge in [0.1, 0.15) is 6.04 Å². The fraction of sp³-hybridized carbons (Fsp3) is 0.467. The number of hydrogen-bond donors (Lipinski definition) is 1. The van der Waals surface area contributed by atoms with Crippen LogP contribution in [0.25, 0.3) is 0 Å². The molecule has 0 aromatic heterocycles. The zero-order chi connectivity index (χ0) is 13.4. The highest BCUT2D eigenvalue weighted by Crippen LogP contribution is 2.28. The molecule has 1 aromatic carbocycles. The normalized spacial score (nSPS) is 21.5. The number of nitrogens with zero attached hydrogens (tertiary/aromatic N) is 1. The van der Waals surface area contributed by atoms with E-state index in [0.717, 1.165) is 31.2 Å². The van der Waals surface area contributed by atoms with Crippen LogP contribution in [0, 0.1) is 0 Å². The molecule has 1 heterocycles. The Kier molecular flexibility index (Phi) is 3.01. The molecule has 3 rings (SSSR count). The molecule has 1 amide bonds. The number of hydrogen-bond acceptors (Lipinski definition) is 2. The second kappa shape index (κ2) is 4.68. The van der Waals surface area contributed by atoms with E-state index in [9.17, 15) is 14.7 Å². The molecule has 0 spiro atoms. The molecule has 100 valence electrons. The van der Waals surface area contributed by atoms with E-state index < -0.39 is 12.0 Å². The van der Waals surface area contributed by atoms with Crippen LogP contribution in [0.4, 0.5) is 0 Å². The number of aryl methyl sites for hydroxylation is 1. The average Bonchev–Trinajstić information content (AvgIpc) is 3.05. The first-order valence-electron chi connectivity index (χ1n) is 6.83. The van der Waals surface area contributed by atoms with Crippen LogP contribution in [0.2, 0.25) is 0 Å². The lowest BCUT2D eigenvalue weighted by atomic mass is 10.0. The SMILES string of the molecule is O=C(O)[C@H]1CCCN1C(=O)c1cccc2c1CCC2. The maximum absolute atomic E-state index is 12.6. The summed E-state index contributed by atoms with van der Waals surface area (Å²) in [4.78, 5) is 25.3. The summed E-state index contributed by atoms with van der Waals surface area (Å²) in [5.41, 5.74) is 3.09. The summed E-state index contributed by atoms with van der Waals surface area (Å²) in [5.74, 6) is -0.998. The van der Waals surface area contributed by atoms with Gasteiger partial charge in [0.15, 0.2) is 0 Å². The van der Waals surface area contributed by atoms with Gasteiger partial charge in [-0.3, -0.25) is 4.79 Å². The van der Waals surface area contributed by atoms with Crippen molar-refractivity contribution < 1.29 is 14.7 Å². The number of carbonyl (C=O) groups is 2. The number of likely N-dealkylation sites (tertiary alicyclic amines) is 1. The fourth-order valence-electron chi connectivity index (χ4n) is 3.24. The van der Waals surface area contributed by atoms with Crippen LogP contribution in [0.1, 0.15) is 40.7 Å². The molecule has 0 radical (unpaired) electrons. The van der Waals surface area contributed by atoms with Crippen LogP contribution >= 0.6 is 0 Å². The summed E-state index contributed by atoms with van der Waals surface area (Å²) >= 11 is 0. The number of carboxylic acids is 1. The first kappa shape index (κ1) is 12.2. The lowest BCUT2D eigenvalue weighted by molar-refractivity contribution is -0.141. The summed E-state index contributed by atoms with van der Waals surface area (Å²) in [6.45, 7) is 0.555. The minimum Gasteiger partial charge on any atom is -0.480 e. The first-order chi connectivity index (χ1) is 9.18. The van der Waals surface area contributed by atoms with Gasteiger partial charge in [-0.15, -0.1) is 0 Å². The third kappa shape index (κ3) is 2.01. The molecular formula is C15H17NO3. The molecule has 19 heavy (non-hydrogen) atoms. The van der Waals surface area contributed by atoms with Crippen molar-refractivity contribution in [1.82, 2.24) is 4.90 Å². The zero-order valence-electron chi connectivity index (χ0n) is 10.8. The maximum Gasteiger partial charge on any atom is 0.326 e. The zero-order valence-corrected chi connectivity index (χ0v) is 10.8. The van der Waals surface area contributed by atoms with E-state index >= 15 is 0 Å². The molecule has 1 aliphatic heterocycles. The third-order valence-corrected chi connectivity index (χ3v) is 4.18. The Labute approximate surface area is 112 Å². The van der Waals surface area contributed by atoms with Crippen molar-refractivity contribution in [2.45, 2.75) is 38.1 Å². The van der Waals surface area contributed by atoms with Gasteiger partial charge in [-0.2, -0.15) is 0 Å². The Hall–Kier alpha value is -1.84. The summed E-state index contributed by atoms with van der Waals surface area (Å²) in [5, 5.41) is 9.18. The van der Waals surface area contributed by atoms with Crippen LogP contribution in [0.15, 0.2) is 18.2 Å². The summed E-state index contributed by atoms with van der Waals surface area (Å²) in [7, 11) is 0. The van der Waals surface area contributed by atoms with Crippen LogP contribution in [0.3, 0.4) is 0 Å². The molecule has 4 nitrogen and oxygen atoms in total. The van der Waals surface area contributed by atoms with Crippen molar-refractivity contribution in [2.24, 2.45) is 0 Å². The molecule has 0 saturated carbocycles. The van der Waals surface area contributed by atoms with Gasteiger partial charge < -0.3 is 10.0 Å². The Morgan fingerprint density at radius 3 is 2.84 bits per heavy atom. The highest BCUT2D eigenvalue weighted by molar-refractivity contribution is 5.98. The van der Waals surface area contributed by atoms with E-state index in [0.29, 0.717) is 18.5 Å². The van der Waals surface area contributed by atoms with Crippen molar-refractivity contribution in [3.8, 4) is 0 Å². The van der Waals surface area contributed by atoms with Crippen molar-refractivity contribution >= 4 is 11.9 Å². The monoisotopic (exact) mass is 259 g/mol. The summed E-state index contributed by atoms with van der Waals surface area (Å²) in [6, 6.07) is 5.16. The van der Waals surface area contributed by atoms with E-state index in [1.54, 1.807) is 0 Å². The lowest BCUT2D eigenvalue weighted by Crippen LogP contribution is -2.40. The average molecular weight is 259 g/mol. The Balaban J connectivity index is 1.92. The van der Waals surface area contributed by atoms with Gasteiger partial charge in [0.25, 0.3) is 5.91 Å². The standard InChI is InChI=1S/C15H17NO3/c17-14(16-9-3-8-13(16)15(18)19)12-7-2-5-10-4-1-6-11(10)12/h2,5,7,13H,1,3-4,6,8-9H2,(H,18,19)/t13-/m1/s1. The van der Waals surface area contributed by atoms with Gasteiger partial charge in [-0.05, 0) is 49.3 Å². The Morgan fingerprint density at radius 1 is 1.21 bits per heavy atom. The van der Waals surface area contributed by atoms with Crippen molar-refractivity contribution in [1.29, 1.82) is 0 Å². The molecule has 4 heteroatoms. The van der Waals surface area contributed by atoms with Gasteiger partial charge >= 0.3 is 5.97 Å². The largest absolute Gasteiger partial charge is 0.480 e. The maximum atomic E-state index is 12.6. The number of carboxylic acid groups (broad SMARTS) is 1. The highest BCUT2D eigenvalue weighted by atomic mass is 16.4. The molecule has 1 N–H and O–H groups in total. The molecule has 1 aliphatic carbocycles. The smallest absolute Gasteiger partial charge is 0.326 e. The number of carbonyl (C=O) groups excluding carboxylic acids is 1. The van der Waals surface area contributed by atoms with E-state index in [1.807, 2.05) is 12.1 Å². The van der Waals surface area contributed by atoms with Gasteiger partial charge in [0.05, 0.1) is 0 Å². The second-order valence-electron chi connectivity index (χ2n) is 5.29. The van der Waals surface area contributed by atoms with Gasteiger partial charge in [-0.25, -0.2) is 4.79 Å². The quantitative estimate of drug-likeness (QED) is 0.882. The molecule has 1 aromatic rings. The first-order valence-corrected chi connectivity index (χ1v) is 6.83. The number of benzene rings is 1. The fourth-order valence-corrected chi connectivity index (χ4v) is 3.24. The number of amides is 1. The Bertz CT molecular complexity index is 538. The number of fused-ring (bicyclic) bond motifs is 1. The van der Waals surface area contributed by atoms with Gasteiger partial charge in [-0.1, -0.05) is 12.1 Å². The molecule has 2 aliphatic rings. The summed E-state index contributed by atoms with van der Waals surface area (Å²) < 4.78 is 0. The molecule has 0 unspecified atom stereocenters.